The first-order valence-electron chi connectivity index (χ1n) is 13.8. The second kappa shape index (κ2) is 11.4. The van der Waals surface area contributed by atoms with Crippen molar-refractivity contribution in [1.29, 1.82) is 0 Å². The van der Waals surface area contributed by atoms with E-state index in [9.17, 15) is 9.59 Å². The summed E-state index contributed by atoms with van der Waals surface area (Å²) in [5, 5.41) is 7.57. The number of hydrogen-bond acceptors (Lipinski definition) is 8. The van der Waals surface area contributed by atoms with Crippen molar-refractivity contribution >= 4 is 28.3 Å². The molecule has 6 rings (SSSR count). The van der Waals surface area contributed by atoms with Gasteiger partial charge >= 0.3 is 0 Å². The Kier molecular flexibility index (Phi) is 7.39. The van der Waals surface area contributed by atoms with E-state index in [0.29, 0.717) is 40.2 Å². The maximum atomic E-state index is 14.2. The highest BCUT2D eigenvalue weighted by atomic mass is 16.2. The predicted molar refractivity (Wildman–Crippen MR) is 161 cm³/mol. The van der Waals surface area contributed by atoms with Crippen LogP contribution in [0.5, 0.6) is 0 Å². The average molecular weight is 562 g/mol. The van der Waals surface area contributed by atoms with E-state index in [1.807, 2.05) is 42.5 Å². The summed E-state index contributed by atoms with van der Waals surface area (Å²) in [6.07, 6.45) is 3.24. The molecule has 0 spiro atoms. The van der Waals surface area contributed by atoms with Gasteiger partial charge < -0.3 is 16.0 Å². The van der Waals surface area contributed by atoms with Crippen LogP contribution in [-0.4, -0.2) is 79.6 Å². The highest BCUT2D eigenvalue weighted by Crippen LogP contribution is 2.22. The summed E-state index contributed by atoms with van der Waals surface area (Å²) in [6.45, 7) is 6.37. The molecule has 0 radical (unpaired) electrons. The highest BCUT2D eigenvalue weighted by Gasteiger charge is 2.25. The van der Waals surface area contributed by atoms with E-state index >= 15 is 0 Å². The Hall–Kier alpha value is -5.05. The molecule has 11 nitrogen and oxygen atoms in total. The van der Waals surface area contributed by atoms with E-state index in [-0.39, 0.29) is 16.9 Å². The lowest BCUT2D eigenvalue weighted by Gasteiger charge is -2.30. The number of rotatable bonds is 5. The number of likely N-dealkylation sites (N-methyl/N-ethyl adjacent to an activating group) is 1. The molecule has 1 saturated heterocycles. The lowest BCUT2D eigenvalue weighted by molar-refractivity contribution is 0.0940. The van der Waals surface area contributed by atoms with Crippen LogP contribution >= 0.6 is 0 Å². The third kappa shape index (κ3) is 5.21. The molecular weight excluding hydrogens is 530 g/mol. The SMILES string of the molecule is C[C@@H](NC(=O)c1c(N)nn2cccnc12)c1nc2cccc(C#CCN3CCN(C)CC3)c2c(=O)n1-c1ccccc1. The van der Waals surface area contributed by atoms with Gasteiger partial charge in [0, 0.05) is 44.1 Å². The number of nitrogens with one attached hydrogen (secondary N) is 1. The van der Waals surface area contributed by atoms with Crippen molar-refractivity contribution in [2.24, 2.45) is 0 Å². The van der Waals surface area contributed by atoms with Crippen molar-refractivity contribution in [3.05, 3.63) is 94.3 Å². The molecule has 1 aliphatic rings. The maximum Gasteiger partial charge on any atom is 0.267 e. The highest BCUT2D eigenvalue weighted by molar-refractivity contribution is 6.04. The van der Waals surface area contributed by atoms with Gasteiger partial charge in [0.1, 0.15) is 11.4 Å². The normalized spacial score (nSPS) is 14.9. The minimum Gasteiger partial charge on any atom is -0.381 e. The molecule has 5 aromatic rings. The molecule has 3 aromatic heterocycles. The number of carbonyl (C=O) groups is 1. The number of carbonyl (C=O) groups excluding carboxylic acids is 1. The van der Waals surface area contributed by atoms with Crippen LogP contribution in [0.3, 0.4) is 0 Å². The van der Waals surface area contributed by atoms with Gasteiger partial charge in [0.05, 0.1) is 29.2 Å². The smallest absolute Gasteiger partial charge is 0.267 e. The fraction of sp³-hybridized carbons (Fsp3) is 0.258. The number of anilines is 1. The fourth-order valence-corrected chi connectivity index (χ4v) is 5.18. The molecule has 2 aromatic carbocycles. The van der Waals surface area contributed by atoms with Crippen LogP contribution in [0.15, 0.2) is 71.8 Å². The zero-order valence-electron chi connectivity index (χ0n) is 23.5. The molecule has 0 aliphatic carbocycles. The summed E-state index contributed by atoms with van der Waals surface area (Å²) in [5.74, 6) is 6.46. The quantitative estimate of drug-likeness (QED) is 0.313. The minimum atomic E-state index is -0.667. The molecule has 3 N–H and O–H groups in total. The molecule has 1 amide bonds. The number of nitrogens with zero attached hydrogens (tertiary/aromatic N) is 7. The van der Waals surface area contributed by atoms with E-state index in [2.05, 4.69) is 44.1 Å². The topological polar surface area (TPSA) is 127 Å². The zero-order valence-corrected chi connectivity index (χ0v) is 23.5. The van der Waals surface area contributed by atoms with Crippen molar-refractivity contribution in [3.63, 3.8) is 0 Å². The summed E-state index contributed by atoms with van der Waals surface area (Å²) in [7, 11) is 2.12. The lowest BCUT2D eigenvalue weighted by atomic mass is 10.1. The Bertz CT molecular complexity index is 1890. The number of piperazine rings is 1. The number of aromatic nitrogens is 5. The zero-order chi connectivity index (χ0) is 29.2. The number of nitrogens with two attached hydrogens (primary N) is 1. The van der Waals surface area contributed by atoms with Crippen LogP contribution in [0.2, 0.25) is 0 Å². The number of nitrogen functional groups attached to an aromatic ring is 1. The number of fused-ring (bicyclic) bond motifs is 2. The first-order chi connectivity index (χ1) is 20.4. The Morgan fingerprint density at radius 1 is 1.07 bits per heavy atom. The van der Waals surface area contributed by atoms with Crippen molar-refractivity contribution < 1.29 is 4.79 Å². The van der Waals surface area contributed by atoms with Gasteiger partial charge in [-0.2, -0.15) is 0 Å². The van der Waals surface area contributed by atoms with Gasteiger partial charge in [-0.15, -0.1) is 5.10 Å². The van der Waals surface area contributed by atoms with Gasteiger partial charge in [-0.1, -0.05) is 36.1 Å². The molecular formula is C31H31N9O2. The van der Waals surface area contributed by atoms with Crippen LogP contribution in [-0.2, 0) is 0 Å². The second-order valence-corrected chi connectivity index (χ2v) is 10.4. The third-order valence-corrected chi connectivity index (χ3v) is 7.44. The Morgan fingerprint density at radius 2 is 1.86 bits per heavy atom. The lowest BCUT2D eigenvalue weighted by Crippen LogP contribution is -2.44. The van der Waals surface area contributed by atoms with E-state index < -0.39 is 11.9 Å². The number of benzene rings is 2. The molecule has 0 saturated carbocycles. The number of para-hydroxylation sites is 1. The van der Waals surface area contributed by atoms with Gasteiger partial charge in [0.15, 0.2) is 11.5 Å². The van der Waals surface area contributed by atoms with Gasteiger partial charge in [0.25, 0.3) is 11.5 Å². The first-order valence-corrected chi connectivity index (χ1v) is 13.8. The molecule has 1 aliphatic heterocycles. The molecule has 1 atom stereocenters. The summed E-state index contributed by atoms with van der Waals surface area (Å²) >= 11 is 0. The minimum absolute atomic E-state index is 0.0603. The number of amides is 1. The number of hydrogen-bond donors (Lipinski definition) is 2. The molecule has 4 heterocycles. The van der Waals surface area contributed by atoms with Gasteiger partial charge in [-0.25, -0.2) is 14.5 Å². The molecule has 212 valence electrons. The van der Waals surface area contributed by atoms with Crippen LogP contribution in [0, 0.1) is 11.8 Å². The van der Waals surface area contributed by atoms with Crippen LogP contribution in [0.1, 0.15) is 34.7 Å². The second-order valence-electron chi connectivity index (χ2n) is 10.4. The van der Waals surface area contributed by atoms with E-state index in [4.69, 9.17) is 10.7 Å². The van der Waals surface area contributed by atoms with Crippen molar-refractivity contribution in [2.45, 2.75) is 13.0 Å². The molecule has 42 heavy (non-hydrogen) atoms. The standard InChI is InChI=1S/C31H31N9O2/c1-21(34-30(41)26-27(32)36-39-16-8-14-33-29(26)39)28-35-24-13-6-9-22(10-7-15-38-19-17-37(2)18-20-38)25(24)31(42)40(28)23-11-4-3-5-12-23/h3-6,8-9,11-14,16,21H,15,17-20H2,1-2H3,(H2,32,36)(H,34,41)/t21-/m1/s1. The van der Waals surface area contributed by atoms with Crippen LogP contribution in [0.4, 0.5) is 5.82 Å². The van der Waals surface area contributed by atoms with Crippen molar-refractivity contribution in [2.75, 3.05) is 45.5 Å². The molecule has 1 fully saturated rings. The van der Waals surface area contributed by atoms with Crippen molar-refractivity contribution in [1.82, 2.24) is 39.3 Å². The van der Waals surface area contributed by atoms with Gasteiger partial charge in [-0.05, 0) is 44.3 Å². The first kappa shape index (κ1) is 27.1. The summed E-state index contributed by atoms with van der Waals surface area (Å²) in [6, 6.07) is 15.8. The fourth-order valence-electron chi connectivity index (χ4n) is 5.18. The van der Waals surface area contributed by atoms with E-state index in [1.165, 1.54) is 9.08 Å². The van der Waals surface area contributed by atoms with E-state index in [1.54, 1.807) is 31.5 Å². The monoisotopic (exact) mass is 561 g/mol. The van der Waals surface area contributed by atoms with Crippen LogP contribution < -0.4 is 16.6 Å². The average Bonchev–Trinajstić information content (AvgIpc) is 3.34. The van der Waals surface area contributed by atoms with E-state index in [0.717, 1.165) is 26.2 Å². The molecule has 0 bridgehead atoms. The van der Waals surface area contributed by atoms with Crippen LogP contribution in [0.25, 0.3) is 22.2 Å². The largest absolute Gasteiger partial charge is 0.381 e. The summed E-state index contributed by atoms with van der Waals surface area (Å²) in [5.41, 5.74) is 8.08. The summed E-state index contributed by atoms with van der Waals surface area (Å²) in [4.78, 5) is 41.4. The van der Waals surface area contributed by atoms with Crippen molar-refractivity contribution in [3.8, 4) is 17.5 Å². The predicted octanol–water partition coefficient (Wildman–Crippen LogP) is 2.10. The third-order valence-electron chi connectivity index (χ3n) is 7.44. The van der Waals surface area contributed by atoms with Gasteiger partial charge in [-0.3, -0.25) is 19.1 Å². The Balaban J connectivity index is 1.39. The Morgan fingerprint density at radius 3 is 2.64 bits per heavy atom. The molecule has 11 heteroatoms. The summed E-state index contributed by atoms with van der Waals surface area (Å²) < 4.78 is 2.99. The Labute approximate surface area is 242 Å². The van der Waals surface area contributed by atoms with Gasteiger partial charge in [0.2, 0.25) is 0 Å². The molecule has 0 unspecified atom stereocenters. The maximum absolute atomic E-state index is 14.2.